The van der Waals surface area contributed by atoms with Gasteiger partial charge in [-0.25, -0.2) is 26.5 Å². The van der Waals surface area contributed by atoms with Crippen LogP contribution >= 0.6 is 0 Å². The summed E-state index contributed by atoms with van der Waals surface area (Å²) in [5, 5.41) is 13.6. The molecule has 0 unspecified atom stereocenters. The number of aromatic amines is 1. The predicted octanol–water partition coefficient (Wildman–Crippen LogP) is -6.29. The summed E-state index contributed by atoms with van der Waals surface area (Å²) in [5.74, 6) is -2.19. The van der Waals surface area contributed by atoms with Gasteiger partial charge in [-0.1, -0.05) is 6.08 Å². The maximum atomic E-state index is 12.6. The van der Waals surface area contributed by atoms with Gasteiger partial charge in [0.1, 0.15) is 31.4 Å². The average molecular weight is 592 g/mol. The quantitative estimate of drug-likeness (QED) is 0.106. The standard InChI is InChI=1S/C21H16N4O10S2.2Na/c26-18-16(20(28)24(22-18)12-4-8-14(9-5-12)36(30,31)32)2-1-3-17-19(27)23-25(21(17)29)13-6-10-15(11-7-13)37(33,34)35;;/h1-11,28H,(H,22,26)(H,23,27)(H,30,31,32)(H,33,34,35);;/q;2*+1/p-2/b2-1?,17-3-;;. The van der Waals surface area contributed by atoms with Crippen LogP contribution in [-0.2, 0) is 29.8 Å². The fraction of sp³-hybridized carbons (Fsp3) is 0. The van der Waals surface area contributed by atoms with E-state index in [1.54, 1.807) is 0 Å². The van der Waals surface area contributed by atoms with Gasteiger partial charge < -0.3 is 14.2 Å². The summed E-state index contributed by atoms with van der Waals surface area (Å²) in [6.07, 6.45) is 3.36. The van der Waals surface area contributed by atoms with Crippen molar-refractivity contribution in [3.05, 3.63) is 82.2 Å². The summed E-state index contributed by atoms with van der Waals surface area (Å²) >= 11 is 0. The van der Waals surface area contributed by atoms with Crippen LogP contribution in [0.3, 0.4) is 0 Å². The van der Waals surface area contributed by atoms with E-state index < -0.39 is 53.3 Å². The first-order valence-electron chi connectivity index (χ1n) is 9.97. The molecule has 0 atom stereocenters. The van der Waals surface area contributed by atoms with E-state index in [1.807, 2.05) is 0 Å². The molecule has 1 saturated heterocycles. The number of rotatable bonds is 6. The third-order valence-corrected chi connectivity index (χ3v) is 6.79. The van der Waals surface area contributed by atoms with Gasteiger partial charge >= 0.3 is 59.1 Å². The van der Waals surface area contributed by atoms with Crippen molar-refractivity contribution in [2.45, 2.75) is 9.79 Å². The number of carbonyl (C=O) groups excluding carboxylic acids is 2. The van der Waals surface area contributed by atoms with Crippen LogP contribution in [0, 0.1) is 0 Å². The fourth-order valence-corrected chi connectivity index (χ4v) is 4.24. The first kappa shape index (κ1) is 32.7. The number of nitrogens with one attached hydrogen (secondary N) is 2. The zero-order valence-corrected chi connectivity index (χ0v) is 25.8. The number of anilines is 1. The molecule has 0 aliphatic carbocycles. The van der Waals surface area contributed by atoms with Crippen LogP contribution in [0.4, 0.5) is 5.69 Å². The molecule has 0 bridgehead atoms. The fourth-order valence-electron chi connectivity index (χ4n) is 3.30. The van der Waals surface area contributed by atoms with Gasteiger partial charge in [-0.15, -0.1) is 0 Å². The Kier molecular flexibility index (Phi) is 10.3. The average Bonchev–Trinajstić information content (AvgIpc) is 3.28. The number of H-pyrrole nitrogens is 1. The molecule has 18 heteroatoms. The SMILES string of the molecule is O=C1NN(c2ccc(S(=O)(=O)[O-])cc2)C(=O)/C1=C\C=Cc1c(O)n(-c2ccc(S(=O)(=O)[O-])cc2)[nH]c1=O.[Na+].[Na+]. The van der Waals surface area contributed by atoms with Crippen LogP contribution in [0.1, 0.15) is 5.56 Å². The van der Waals surface area contributed by atoms with E-state index in [-0.39, 0.29) is 81.6 Å². The Bertz CT molecular complexity index is 1760. The second-order valence-electron chi connectivity index (χ2n) is 7.43. The normalized spacial score (nSPS) is 14.8. The van der Waals surface area contributed by atoms with Crippen LogP contribution in [0.2, 0.25) is 0 Å². The molecule has 192 valence electrons. The number of hydrogen-bond acceptors (Lipinski definition) is 10. The Hall–Kier alpha value is -2.51. The molecule has 2 heterocycles. The summed E-state index contributed by atoms with van der Waals surface area (Å²) in [6.45, 7) is 0. The molecular weight excluding hydrogens is 578 g/mol. The summed E-state index contributed by atoms with van der Waals surface area (Å²) in [4.78, 5) is 36.1. The number of benzene rings is 2. The van der Waals surface area contributed by atoms with E-state index in [4.69, 9.17) is 0 Å². The molecule has 3 aromatic rings. The van der Waals surface area contributed by atoms with Crippen LogP contribution < -0.4 is 75.1 Å². The van der Waals surface area contributed by atoms with Crippen molar-refractivity contribution in [1.29, 1.82) is 0 Å². The van der Waals surface area contributed by atoms with Crippen molar-refractivity contribution in [3.63, 3.8) is 0 Å². The smallest absolute Gasteiger partial charge is 0.744 e. The molecular formula is C21H14N4Na2O10S2. The van der Waals surface area contributed by atoms with Crippen molar-refractivity contribution in [2.24, 2.45) is 0 Å². The van der Waals surface area contributed by atoms with Crippen molar-refractivity contribution in [1.82, 2.24) is 15.2 Å². The van der Waals surface area contributed by atoms with E-state index in [0.717, 1.165) is 64.3 Å². The Morgan fingerprint density at radius 1 is 0.795 bits per heavy atom. The Morgan fingerprint density at radius 2 is 1.28 bits per heavy atom. The van der Waals surface area contributed by atoms with Crippen LogP contribution in [0.25, 0.3) is 11.8 Å². The Labute approximate surface area is 265 Å². The van der Waals surface area contributed by atoms with Crippen molar-refractivity contribution in [2.75, 3.05) is 5.01 Å². The monoisotopic (exact) mass is 592 g/mol. The van der Waals surface area contributed by atoms with Gasteiger partial charge in [-0.2, -0.15) is 0 Å². The van der Waals surface area contributed by atoms with Crippen LogP contribution in [-0.4, -0.2) is 52.6 Å². The van der Waals surface area contributed by atoms with Gasteiger partial charge in [0.2, 0.25) is 5.88 Å². The van der Waals surface area contributed by atoms with E-state index in [2.05, 4.69) is 10.5 Å². The molecule has 0 saturated carbocycles. The number of allylic oxidation sites excluding steroid dienone is 2. The number of hydrazine groups is 1. The van der Waals surface area contributed by atoms with Gasteiger partial charge in [0, 0.05) is 0 Å². The van der Waals surface area contributed by atoms with E-state index in [1.165, 1.54) is 12.1 Å². The first-order chi connectivity index (χ1) is 17.3. The number of hydrogen-bond donors (Lipinski definition) is 3. The zero-order valence-electron chi connectivity index (χ0n) is 20.2. The third kappa shape index (κ3) is 6.98. The minimum absolute atomic E-state index is 0. The molecule has 1 aliphatic rings. The number of amides is 2. The number of aromatic nitrogens is 2. The van der Waals surface area contributed by atoms with E-state index in [0.29, 0.717) is 0 Å². The molecule has 2 amide bonds. The topological polar surface area (TPSA) is 222 Å². The van der Waals surface area contributed by atoms with Crippen molar-refractivity contribution in [3.8, 4) is 11.6 Å². The molecule has 4 rings (SSSR count). The molecule has 2 aromatic carbocycles. The van der Waals surface area contributed by atoms with Gasteiger partial charge in [0.05, 0.1) is 21.2 Å². The van der Waals surface area contributed by atoms with Gasteiger partial charge in [0.25, 0.3) is 17.4 Å². The second-order valence-corrected chi connectivity index (χ2v) is 10.2. The minimum atomic E-state index is -4.70. The molecule has 39 heavy (non-hydrogen) atoms. The number of carbonyl (C=O) groups is 2. The molecule has 3 N–H and O–H groups in total. The Balaban J connectivity index is 0.00000267. The zero-order chi connectivity index (χ0) is 27.1. The molecule has 0 radical (unpaired) electrons. The summed E-state index contributed by atoms with van der Waals surface area (Å²) in [5.41, 5.74) is 1.13. The largest absolute Gasteiger partial charge is 1.00 e. The molecule has 14 nitrogen and oxygen atoms in total. The molecule has 1 aliphatic heterocycles. The van der Waals surface area contributed by atoms with Crippen LogP contribution in [0.5, 0.6) is 5.88 Å². The summed E-state index contributed by atoms with van der Waals surface area (Å²) in [7, 11) is -9.38. The Morgan fingerprint density at radius 3 is 1.77 bits per heavy atom. The molecule has 0 spiro atoms. The number of aromatic hydroxyl groups is 1. The first-order valence-corrected chi connectivity index (χ1v) is 12.8. The predicted molar refractivity (Wildman–Crippen MR) is 123 cm³/mol. The van der Waals surface area contributed by atoms with Crippen LogP contribution in [0.15, 0.2) is 80.8 Å². The summed E-state index contributed by atoms with van der Waals surface area (Å²) < 4.78 is 67.2. The van der Waals surface area contributed by atoms with Gasteiger partial charge in [0.15, 0.2) is 0 Å². The molecule has 1 fully saturated rings. The van der Waals surface area contributed by atoms with E-state index >= 15 is 0 Å². The van der Waals surface area contributed by atoms with Crippen molar-refractivity contribution >= 4 is 43.8 Å². The minimum Gasteiger partial charge on any atom is -0.744 e. The van der Waals surface area contributed by atoms with E-state index in [9.17, 15) is 45.4 Å². The third-order valence-electron chi connectivity index (χ3n) is 5.10. The number of nitrogens with zero attached hydrogens (tertiary/aromatic N) is 2. The van der Waals surface area contributed by atoms with Crippen molar-refractivity contribution < 1.29 is 99.8 Å². The maximum Gasteiger partial charge on any atom is 1.00 e. The molecule has 1 aromatic heterocycles. The van der Waals surface area contributed by atoms with Gasteiger partial charge in [-0.3, -0.25) is 24.9 Å². The maximum absolute atomic E-state index is 12.6. The summed E-state index contributed by atoms with van der Waals surface area (Å²) in [6, 6.07) is 8.63. The van der Waals surface area contributed by atoms with Gasteiger partial charge in [-0.05, 0) is 60.7 Å². The second kappa shape index (κ2) is 12.3.